The van der Waals surface area contributed by atoms with Gasteiger partial charge in [-0.15, -0.1) is 0 Å². The first-order valence-corrected chi connectivity index (χ1v) is 10.5. The monoisotopic (exact) mass is 370 g/mol. The highest BCUT2D eigenvalue weighted by atomic mass is 16.1. The standard InChI is InChI=1S/C20H30N6O/c27-20-3-5-24(6-4-21-20)7-8-25-10-16-12-26(13-17(16)11-25)19-9-18(15-1-2-15)22-14-23-19/h9,14-17H,1-8,10-13H2,(H,21,27). The molecule has 1 aromatic rings. The summed E-state index contributed by atoms with van der Waals surface area (Å²) in [5.41, 5.74) is 1.24. The summed E-state index contributed by atoms with van der Waals surface area (Å²) < 4.78 is 0. The molecular weight excluding hydrogens is 340 g/mol. The van der Waals surface area contributed by atoms with E-state index in [2.05, 4.69) is 36.1 Å². The summed E-state index contributed by atoms with van der Waals surface area (Å²) >= 11 is 0. The fourth-order valence-electron chi connectivity index (χ4n) is 4.92. The summed E-state index contributed by atoms with van der Waals surface area (Å²) in [6.07, 6.45) is 4.97. The third-order valence-electron chi connectivity index (χ3n) is 6.69. The van der Waals surface area contributed by atoms with E-state index in [1.165, 1.54) is 31.6 Å². The van der Waals surface area contributed by atoms with E-state index in [0.29, 0.717) is 12.3 Å². The molecule has 2 atom stereocenters. The van der Waals surface area contributed by atoms with E-state index in [0.717, 1.165) is 63.5 Å². The summed E-state index contributed by atoms with van der Waals surface area (Å²) in [7, 11) is 0. The second-order valence-corrected chi connectivity index (χ2v) is 8.70. The molecule has 0 spiro atoms. The highest BCUT2D eigenvalue weighted by Gasteiger charge is 2.40. The summed E-state index contributed by atoms with van der Waals surface area (Å²) in [5.74, 6) is 3.54. The minimum absolute atomic E-state index is 0.197. The van der Waals surface area contributed by atoms with E-state index >= 15 is 0 Å². The zero-order valence-corrected chi connectivity index (χ0v) is 16.0. The third-order valence-corrected chi connectivity index (χ3v) is 6.69. The number of rotatable bonds is 5. The number of aromatic nitrogens is 2. The number of carbonyl (C=O) groups is 1. The van der Waals surface area contributed by atoms with Gasteiger partial charge in [-0.3, -0.25) is 9.69 Å². The van der Waals surface area contributed by atoms with E-state index < -0.39 is 0 Å². The van der Waals surface area contributed by atoms with Crippen molar-refractivity contribution in [2.75, 3.05) is 63.8 Å². The van der Waals surface area contributed by atoms with Gasteiger partial charge in [-0.1, -0.05) is 0 Å². The molecule has 3 aliphatic heterocycles. The number of carbonyl (C=O) groups excluding carboxylic acids is 1. The Morgan fingerprint density at radius 3 is 2.56 bits per heavy atom. The minimum atomic E-state index is 0.197. The topological polar surface area (TPSA) is 64.6 Å². The van der Waals surface area contributed by atoms with Gasteiger partial charge in [-0.25, -0.2) is 9.97 Å². The third kappa shape index (κ3) is 3.94. The lowest BCUT2D eigenvalue weighted by Gasteiger charge is -2.25. The van der Waals surface area contributed by atoms with Crippen molar-refractivity contribution >= 4 is 11.7 Å². The van der Waals surface area contributed by atoms with Crippen LogP contribution in [0.25, 0.3) is 0 Å². The van der Waals surface area contributed by atoms with E-state index in [-0.39, 0.29) is 5.91 Å². The van der Waals surface area contributed by atoms with Crippen molar-refractivity contribution in [1.29, 1.82) is 0 Å². The Kier molecular flexibility index (Phi) is 4.73. The Bertz CT molecular complexity index is 679. The van der Waals surface area contributed by atoms with Gasteiger partial charge in [0.1, 0.15) is 12.1 Å². The number of hydrogen-bond donors (Lipinski definition) is 1. The van der Waals surface area contributed by atoms with Crippen molar-refractivity contribution in [1.82, 2.24) is 25.1 Å². The second-order valence-electron chi connectivity index (χ2n) is 8.70. The van der Waals surface area contributed by atoms with Crippen LogP contribution >= 0.6 is 0 Å². The smallest absolute Gasteiger partial charge is 0.221 e. The van der Waals surface area contributed by atoms with E-state index in [4.69, 9.17) is 0 Å². The number of fused-ring (bicyclic) bond motifs is 1. The fraction of sp³-hybridized carbons (Fsp3) is 0.750. The number of nitrogens with one attached hydrogen (secondary N) is 1. The molecule has 5 rings (SSSR count). The second kappa shape index (κ2) is 7.36. The average molecular weight is 371 g/mol. The predicted molar refractivity (Wildman–Crippen MR) is 104 cm³/mol. The molecule has 3 saturated heterocycles. The lowest BCUT2D eigenvalue weighted by molar-refractivity contribution is -0.120. The lowest BCUT2D eigenvalue weighted by Crippen LogP contribution is -2.37. The Balaban J connectivity index is 1.11. The van der Waals surface area contributed by atoms with Crippen LogP contribution in [0.3, 0.4) is 0 Å². The minimum Gasteiger partial charge on any atom is -0.356 e. The van der Waals surface area contributed by atoms with Crippen molar-refractivity contribution in [2.45, 2.75) is 25.2 Å². The number of amides is 1. The molecule has 4 heterocycles. The maximum absolute atomic E-state index is 11.5. The molecule has 1 amide bonds. The van der Waals surface area contributed by atoms with E-state index in [1.807, 2.05) is 0 Å². The summed E-state index contributed by atoms with van der Waals surface area (Å²) in [6.45, 7) is 9.54. The quantitative estimate of drug-likeness (QED) is 0.816. The molecule has 1 aliphatic carbocycles. The van der Waals surface area contributed by atoms with Crippen LogP contribution in [0.15, 0.2) is 12.4 Å². The Morgan fingerprint density at radius 1 is 1.00 bits per heavy atom. The predicted octanol–water partition coefficient (Wildman–Crippen LogP) is 0.544. The first-order valence-electron chi connectivity index (χ1n) is 10.5. The maximum Gasteiger partial charge on any atom is 0.221 e. The van der Waals surface area contributed by atoms with Gasteiger partial charge in [0.15, 0.2) is 0 Å². The number of hydrogen-bond acceptors (Lipinski definition) is 6. The molecular formula is C20H30N6O. The molecule has 7 nitrogen and oxygen atoms in total. The van der Waals surface area contributed by atoms with Crippen molar-refractivity contribution in [3.8, 4) is 0 Å². The van der Waals surface area contributed by atoms with Gasteiger partial charge in [0.2, 0.25) is 5.91 Å². The molecule has 146 valence electrons. The Hall–Kier alpha value is -1.73. The van der Waals surface area contributed by atoms with Crippen LogP contribution in [0.1, 0.15) is 30.9 Å². The molecule has 0 aromatic carbocycles. The molecule has 0 bridgehead atoms. The van der Waals surface area contributed by atoms with Crippen molar-refractivity contribution < 1.29 is 4.79 Å². The van der Waals surface area contributed by atoms with Crippen molar-refractivity contribution in [3.05, 3.63) is 18.1 Å². The van der Waals surface area contributed by atoms with E-state index in [1.54, 1.807) is 6.33 Å². The zero-order valence-electron chi connectivity index (χ0n) is 16.0. The molecule has 1 aromatic heterocycles. The first kappa shape index (κ1) is 17.4. The highest BCUT2D eigenvalue weighted by Crippen LogP contribution is 2.40. The Morgan fingerprint density at radius 2 is 1.78 bits per heavy atom. The van der Waals surface area contributed by atoms with Crippen LogP contribution in [0.2, 0.25) is 0 Å². The van der Waals surface area contributed by atoms with Crippen LogP contribution in [0.4, 0.5) is 5.82 Å². The Labute approximate surface area is 161 Å². The van der Waals surface area contributed by atoms with Gasteiger partial charge in [0.25, 0.3) is 0 Å². The average Bonchev–Trinajstić information content (AvgIpc) is 3.39. The van der Waals surface area contributed by atoms with Gasteiger partial charge in [0, 0.05) is 83.0 Å². The SMILES string of the molecule is O=C1CCN(CCN2CC3CN(c4cc(C5CC5)ncn4)CC3C2)CCN1. The lowest BCUT2D eigenvalue weighted by atomic mass is 10.0. The number of anilines is 1. The zero-order chi connectivity index (χ0) is 18.2. The first-order chi connectivity index (χ1) is 13.2. The molecule has 4 fully saturated rings. The normalized spacial score (nSPS) is 29.6. The highest BCUT2D eigenvalue weighted by molar-refractivity contribution is 5.76. The molecule has 27 heavy (non-hydrogen) atoms. The summed E-state index contributed by atoms with van der Waals surface area (Å²) in [4.78, 5) is 28.0. The molecule has 1 saturated carbocycles. The van der Waals surface area contributed by atoms with Crippen molar-refractivity contribution in [3.63, 3.8) is 0 Å². The number of nitrogens with zero attached hydrogens (tertiary/aromatic N) is 5. The van der Waals surface area contributed by atoms with E-state index in [9.17, 15) is 4.79 Å². The van der Waals surface area contributed by atoms with Crippen LogP contribution in [-0.4, -0.2) is 84.6 Å². The molecule has 1 N–H and O–H groups in total. The van der Waals surface area contributed by atoms with Crippen LogP contribution < -0.4 is 10.2 Å². The van der Waals surface area contributed by atoms with Gasteiger partial charge in [0.05, 0.1) is 0 Å². The molecule has 4 aliphatic rings. The molecule has 0 radical (unpaired) electrons. The largest absolute Gasteiger partial charge is 0.356 e. The summed E-state index contributed by atoms with van der Waals surface area (Å²) in [6, 6.07) is 2.23. The number of likely N-dealkylation sites (tertiary alicyclic amines) is 1. The van der Waals surface area contributed by atoms with Crippen LogP contribution in [0, 0.1) is 11.8 Å². The van der Waals surface area contributed by atoms with Crippen molar-refractivity contribution in [2.24, 2.45) is 11.8 Å². The molecule has 2 unspecified atom stereocenters. The molecule has 7 heteroatoms. The maximum atomic E-state index is 11.5. The van der Waals surface area contributed by atoms with Crippen LogP contribution in [0.5, 0.6) is 0 Å². The van der Waals surface area contributed by atoms with Crippen LogP contribution in [-0.2, 0) is 4.79 Å². The van der Waals surface area contributed by atoms with Gasteiger partial charge >= 0.3 is 0 Å². The van der Waals surface area contributed by atoms with Gasteiger partial charge in [-0.05, 0) is 24.7 Å². The fourth-order valence-corrected chi connectivity index (χ4v) is 4.92. The summed E-state index contributed by atoms with van der Waals surface area (Å²) in [5, 5.41) is 2.96. The van der Waals surface area contributed by atoms with Gasteiger partial charge < -0.3 is 15.1 Å². The van der Waals surface area contributed by atoms with Gasteiger partial charge in [-0.2, -0.15) is 0 Å².